The van der Waals surface area contributed by atoms with Crippen LogP contribution in [0.25, 0.3) is 0 Å². The first-order valence-corrected chi connectivity index (χ1v) is 6.32. The molecule has 2 N–H and O–H groups in total. The molecule has 0 unspecified atom stereocenters. The van der Waals surface area contributed by atoms with Crippen LogP contribution in [0.2, 0.25) is 0 Å². The average molecular weight is 287 g/mol. The van der Waals surface area contributed by atoms with Crippen molar-refractivity contribution in [2.75, 3.05) is 17.7 Å². The minimum absolute atomic E-state index is 0.0113. The predicted molar refractivity (Wildman–Crippen MR) is 73.9 cm³/mol. The normalized spacial score (nSPS) is 16.8. The Labute approximate surface area is 120 Å². The van der Waals surface area contributed by atoms with Crippen molar-refractivity contribution in [2.24, 2.45) is 0 Å². The van der Waals surface area contributed by atoms with E-state index in [1.54, 1.807) is 24.3 Å². The summed E-state index contributed by atoms with van der Waals surface area (Å²) in [5.41, 5.74) is 0.539. The van der Waals surface area contributed by atoms with Crippen LogP contribution >= 0.6 is 0 Å². The van der Waals surface area contributed by atoms with E-state index < -0.39 is 6.04 Å². The molecule has 3 rings (SSSR count). The van der Waals surface area contributed by atoms with Crippen LogP contribution in [0.15, 0.2) is 30.6 Å². The smallest absolute Gasteiger partial charge is 0.250 e. The van der Waals surface area contributed by atoms with Gasteiger partial charge in [-0.25, -0.2) is 4.68 Å². The van der Waals surface area contributed by atoms with E-state index in [4.69, 9.17) is 4.74 Å². The Morgan fingerprint density at radius 1 is 1.48 bits per heavy atom. The van der Waals surface area contributed by atoms with E-state index >= 15 is 0 Å². The maximum atomic E-state index is 12.4. The monoisotopic (exact) mass is 287 g/mol. The zero-order valence-corrected chi connectivity index (χ0v) is 11.2. The van der Waals surface area contributed by atoms with Gasteiger partial charge in [0.15, 0.2) is 0 Å². The molecular weight excluding hydrogens is 274 g/mol. The van der Waals surface area contributed by atoms with E-state index in [2.05, 4.69) is 20.7 Å². The summed E-state index contributed by atoms with van der Waals surface area (Å²) in [5.74, 6) is 0.202. The van der Waals surface area contributed by atoms with Crippen molar-refractivity contribution in [1.82, 2.24) is 14.8 Å². The highest BCUT2D eigenvalue weighted by Crippen LogP contribution is 2.27. The fourth-order valence-electron chi connectivity index (χ4n) is 2.17. The van der Waals surface area contributed by atoms with Crippen molar-refractivity contribution >= 4 is 23.5 Å². The molecule has 1 aromatic heterocycles. The van der Waals surface area contributed by atoms with E-state index in [-0.39, 0.29) is 24.2 Å². The number of nitrogens with one attached hydrogen (secondary N) is 2. The van der Waals surface area contributed by atoms with Crippen LogP contribution in [0.3, 0.4) is 0 Å². The molecule has 0 radical (unpaired) electrons. The number of methoxy groups -OCH3 is 1. The van der Waals surface area contributed by atoms with Gasteiger partial charge in [-0.15, -0.1) is 0 Å². The molecule has 1 atom stereocenters. The average Bonchev–Trinajstić information content (AvgIpc) is 2.94. The summed E-state index contributed by atoms with van der Waals surface area (Å²) < 4.78 is 6.58. The number of nitrogens with zero attached hydrogens (tertiary/aromatic N) is 3. The van der Waals surface area contributed by atoms with Gasteiger partial charge in [0, 0.05) is 0 Å². The second kappa shape index (κ2) is 5.23. The zero-order valence-electron chi connectivity index (χ0n) is 11.2. The molecule has 108 valence electrons. The van der Waals surface area contributed by atoms with Gasteiger partial charge in [-0.2, -0.15) is 10.1 Å². The van der Waals surface area contributed by atoms with Gasteiger partial charge in [0.2, 0.25) is 17.8 Å². The van der Waals surface area contributed by atoms with Gasteiger partial charge in [-0.05, 0) is 12.1 Å². The first-order valence-electron chi connectivity index (χ1n) is 6.32. The molecule has 1 aliphatic heterocycles. The summed E-state index contributed by atoms with van der Waals surface area (Å²) in [7, 11) is 1.52. The van der Waals surface area contributed by atoms with Crippen LogP contribution in [0.4, 0.5) is 11.6 Å². The highest BCUT2D eigenvalue weighted by molar-refractivity contribution is 6.01. The van der Waals surface area contributed by atoms with Gasteiger partial charge < -0.3 is 10.1 Å². The summed E-state index contributed by atoms with van der Waals surface area (Å²) in [5, 5.41) is 9.28. The first kappa shape index (κ1) is 13.1. The van der Waals surface area contributed by atoms with E-state index in [1.165, 1.54) is 18.1 Å². The molecule has 2 aromatic rings. The molecule has 8 heteroatoms. The summed E-state index contributed by atoms with van der Waals surface area (Å²) in [6.45, 7) is 0. The van der Waals surface area contributed by atoms with Crippen LogP contribution in [0.5, 0.6) is 5.75 Å². The molecule has 1 aliphatic rings. The Balaban J connectivity index is 1.85. The molecule has 1 aromatic carbocycles. The number of amides is 2. The fourth-order valence-corrected chi connectivity index (χ4v) is 2.17. The van der Waals surface area contributed by atoms with Crippen molar-refractivity contribution in [3.05, 3.63) is 30.6 Å². The maximum absolute atomic E-state index is 12.4. The number of fused-ring (bicyclic) bond motifs is 1. The number of para-hydroxylation sites is 2. The third-order valence-corrected chi connectivity index (χ3v) is 3.17. The molecule has 0 fully saturated rings. The highest BCUT2D eigenvalue weighted by atomic mass is 16.5. The molecule has 21 heavy (non-hydrogen) atoms. The lowest BCUT2D eigenvalue weighted by Crippen LogP contribution is -2.36. The lowest BCUT2D eigenvalue weighted by Gasteiger charge is -2.22. The number of carbonyl (C=O) groups is 2. The highest BCUT2D eigenvalue weighted by Gasteiger charge is 2.32. The second-order valence-corrected chi connectivity index (χ2v) is 4.49. The van der Waals surface area contributed by atoms with E-state index in [9.17, 15) is 9.59 Å². The molecule has 2 heterocycles. The standard InChI is InChI=1S/C13H13N5O3/c1-21-10-5-3-2-4-8(10)16-12(20)9-6-11(19)17-13-14-7-15-18(9)13/h2-5,7,9H,6H2,1H3,(H,16,20)(H,14,15,17,19)/t9-/m0/s1. The zero-order chi connectivity index (χ0) is 14.8. The minimum Gasteiger partial charge on any atom is -0.495 e. The molecule has 0 saturated heterocycles. The third kappa shape index (κ3) is 2.42. The lowest BCUT2D eigenvalue weighted by molar-refractivity contribution is -0.125. The SMILES string of the molecule is COc1ccccc1NC(=O)[C@@H]1CC(=O)Nc2ncnn21. The van der Waals surface area contributed by atoms with Crippen LogP contribution in [0.1, 0.15) is 12.5 Å². The van der Waals surface area contributed by atoms with Crippen LogP contribution < -0.4 is 15.4 Å². The molecule has 0 bridgehead atoms. The van der Waals surface area contributed by atoms with E-state index in [0.29, 0.717) is 11.4 Å². The topological polar surface area (TPSA) is 98.1 Å². The van der Waals surface area contributed by atoms with Crippen LogP contribution in [-0.2, 0) is 9.59 Å². The Bertz CT molecular complexity index is 697. The Morgan fingerprint density at radius 3 is 3.10 bits per heavy atom. The third-order valence-electron chi connectivity index (χ3n) is 3.17. The first-order chi connectivity index (χ1) is 10.2. The number of hydrogen-bond donors (Lipinski definition) is 2. The number of carbonyl (C=O) groups excluding carboxylic acids is 2. The Hall–Kier alpha value is -2.90. The minimum atomic E-state index is -0.735. The Kier molecular flexibility index (Phi) is 3.27. The molecule has 0 saturated carbocycles. The number of rotatable bonds is 3. The van der Waals surface area contributed by atoms with Gasteiger partial charge in [0.05, 0.1) is 19.2 Å². The van der Waals surface area contributed by atoms with Gasteiger partial charge in [0.1, 0.15) is 18.1 Å². The van der Waals surface area contributed by atoms with E-state index in [0.717, 1.165) is 0 Å². The van der Waals surface area contributed by atoms with Crippen LogP contribution in [-0.4, -0.2) is 33.7 Å². The van der Waals surface area contributed by atoms with Crippen molar-refractivity contribution in [2.45, 2.75) is 12.5 Å². The number of hydrogen-bond acceptors (Lipinski definition) is 5. The molecule has 8 nitrogen and oxygen atoms in total. The lowest BCUT2D eigenvalue weighted by atomic mass is 10.1. The summed E-state index contributed by atoms with van der Waals surface area (Å²) in [6, 6.07) is 6.32. The van der Waals surface area contributed by atoms with Crippen molar-refractivity contribution in [1.29, 1.82) is 0 Å². The molecule has 0 aliphatic carbocycles. The van der Waals surface area contributed by atoms with E-state index in [1.807, 2.05) is 0 Å². The molecular formula is C13H13N5O3. The number of benzene rings is 1. The summed E-state index contributed by atoms with van der Waals surface area (Å²) >= 11 is 0. The largest absolute Gasteiger partial charge is 0.495 e. The summed E-state index contributed by atoms with van der Waals surface area (Å²) in [6.07, 6.45) is 1.31. The number of anilines is 2. The maximum Gasteiger partial charge on any atom is 0.250 e. The molecule has 0 spiro atoms. The quantitative estimate of drug-likeness (QED) is 0.870. The van der Waals surface area contributed by atoms with Gasteiger partial charge in [0.25, 0.3) is 0 Å². The number of aromatic nitrogens is 3. The molecule has 2 amide bonds. The van der Waals surface area contributed by atoms with Gasteiger partial charge in [-0.3, -0.25) is 14.9 Å². The van der Waals surface area contributed by atoms with Crippen LogP contribution in [0, 0.1) is 0 Å². The fraction of sp³-hybridized carbons (Fsp3) is 0.231. The Morgan fingerprint density at radius 2 is 2.29 bits per heavy atom. The van der Waals surface area contributed by atoms with Crippen molar-refractivity contribution in [3.8, 4) is 5.75 Å². The second-order valence-electron chi connectivity index (χ2n) is 4.49. The summed E-state index contributed by atoms with van der Waals surface area (Å²) in [4.78, 5) is 27.9. The predicted octanol–water partition coefficient (Wildman–Crippen LogP) is 0.809. The number of ether oxygens (including phenoxy) is 1. The van der Waals surface area contributed by atoms with Crippen molar-refractivity contribution in [3.63, 3.8) is 0 Å². The van der Waals surface area contributed by atoms with Gasteiger partial charge >= 0.3 is 0 Å². The van der Waals surface area contributed by atoms with Crippen molar-refractivity contribution < 1.29 is 14.3 Å². The van der Waals surface area contributed by atoms with Gasteiger partial charge in [-0.1, -0.05) is 12.1 Å².